The van der Waals surface area contributed by atoms with Gasteiger partial charge in [0.25, 0.3) is 0 Å². The molecule has 2 fully saturated rings. The molecule has 1 aromatic carbocycles. The summed E-state index contributed by atoms with van der Waals surface area (Å²) in [6.45, 7) is 7.90. The summed E-state index contributed by atoms with van der Waals surface area (Å²) in [6.07, 6.45) is 4.98. The highest BCUT2D eigenvalue weighted by Gasteiger charge is 2.24. The molecule has 1 saturated carbocycles. The number of nitrogens with one attached hydrogen (secondary N) is 1. The number of carbonyl (C=O) groups is 1. The molecule has 132 valence electrons. The molecule has 2 atom stereocenters. The van der Waals surface area contributed by atoms with Crippen molar-refractivity contribution in [2.75, 3.05) is 32.7 Å². The second kappa shape index (κ2) is 8.63. The number of carbonyl (C=O) groups excluding carboxylic acids is 1. The van der Waals surface area contributed by atoms with Crippen LogP contribution in [0.1, 0.15) is 38.2 Å². The highest BCUT2D eigenvalue weighted by molar-refractivity contribution is 5.78. The van der Waals surface area contributed by atoms with E-state index in [1.807, 2.05) is 0 Å². The molecule has 24 heavy (non-hydrogen) atoms. The summed E-state index contributed by atoms with van der Waals surface area (Å²) >= 11 is 0. The third-order valence-corrected chi connectivity index (χ3v) is 5.54. The van der Waals surface area contributed by atoms with Gasteiger partial charge in [-0.05, 0) is 24.3 Å². The predicted molar refractivity (Wildman–Crippen MR) is 97.7 cm³/mol. The third-order valence-electron chi connectivity index (χ3n) is 5.54. The van der Waals surface area contributed by atoms with Crippen molar-refractivity contribution in [2.24, 2.45) is 5.92 Å². The maximum Gasteiger partial charge on any atom is 0.234 e. The van der Waals surface area contributed by atoms with Gasteiger partial charge in [-0.25, -0.2) is 0 Å². The lowest BCUT2D eigenvalue weighted by molar-refractivity contribution is -0.124. The number of amides is 1. The molecule has 4 heteroatoms. The Morgan fingerprint density at radius 1 is 1.04 bits per heavy atom. The van der Waals surface area contributed by atoms with E-state index in [1.165, 1.54) is 24.8 Å². The van der Waals surface area contributed by atoms with Crippen LogP contribution >= 0.6 is 0 Å². The van der Waals surface area contributed by atoms with Crippen LogP contribution in [0.4, 0.5) is 0 Å². The molecule has 1 aliphatic carbocycles. The molecule has 0 bridgehead atoms. The van der Waals surface area contributed by atoms with E-state index in [1.54, 1.807) is 0 Å². The average molecular weight is 329 g/mol. The SMILES string of the molecule is C[C@H]1CCCC[C@H]1NC(=O)CN1CCN(Cc2ccccc2)CC1. The van der Waals surface area contributed by atoms with Crippen molar-refractivity contribution < 1.29 is 4.79 Å². The second-order valence-corrected chi connectivity index (χ2v) is 7.47. The molecule has 0 spiro atoms. The van der Waals surface area contributed by atoms with Crippen LogP contribution in [-0.2, 0) is 11.3 Å². The number of hydrogen-bond acceptors (Lipinski definition) is 3. The molecule has 1 amide bonds. The normalized spacial score (nSPS) is 26.2. The molecule has 3 rings (SSSR count). The standard InChI is InChI=1S/C20H31N3O/c1-17-7-5-6-10-19(17)21-20(24)16-23-13-11-22(12-14-23)15-18-8-3-2-4-9-18/h2-4,8-9,17,19H,5-7,10-16H2,1H3,(H,21,24)/t17-,19+/m0/s1. The quantitative estimate of drug-likeness (QED) is 0.901. The van der Waals surface area contributed by atoms with Crippen LogP contribution in [0.2, 0.25) is 0 Å². The topological polar surface area (TPSA) is 35.6 Å². The fourth-order valence-electron chi connectivity index (χ4n) is 3.93. The first kappa shape index (κ1) is 17.4. The van der Waals surface area contributed by atoms with Crippen molar-refractivity contribution >= 4 is 5.91 Å². The summed E-state index contributed by atoms with van der Waals surface area (Å²) in [6, 6.07) is 11.0. The van der Waals surface area contributed by atoms with E-state index >= 15 is 0 Å². The van der Waals surface area contributed by atoms with Crippen molar-refractivity contribution in [1.82, 2.24) is 15.1 Å². The molecule has 0 aromatic heterocycles. The van der Waals surface area contributed by atoms with Gasteiger partial charge >= 0.3 is 0 Å². The van der Waals surface area contributed by atoms with Gasteiger partial charge < -0.3 is 5.32 Å². The Morgan fingerprint density at radius 2 is 1.71 bits per heavy atom. The maximum atomic E-state index is 12.3. The Balaban J connectivity index is 1.38. The van der Waals surface area contributed by atoms with Crippen molar-refractivity contribution in [2.45, 2.75) is 45.2 Å². The van der Waals surface area contributed by atoms with Gasteiger partial charge in [0, 0.05) is 38.8 Å². The number of hydrogen-bond donors (Lipinski definition) is 1. The van der Waals surface area contributed by atoms with Gasteiger partial charge in [-0.15, -0.1) is 0 Å². The molecular formula is C20H31N3O. The van der Waals surface area contributed by atoms with Crippen LogP contribution in [0.15, 0.2) is 30.3 Å². The Labute approximate surface area is 146 Å². The molecule has 1 N–H and O–H groups in total. The smallest absolute Gasteiger partial charge is 0.234 e. The molecule has 2 aliphatic rings. The molecule has 0 unspecified atom stereocenters. The van der Waals surface area contributed by atoms with Crippen LogP contribution in [0.5, 0.6) is 0 Å². The van der Waals surface area contributed by atoms with Crippen LogP contribution < -0.4 is 5.32 Å². The Morgan fingerprint density at radius 3 is 2.42 bits per heavy atom. The Bertz CT molecular complexity index is 511. The minimum absolute atomic E-state index is 0.213. The summed E-state index contributed by atoms with van der Waals surface area (Å²) in [7, 11) is 0. The maximum absolute atomic E-state index is 12.3. The molecule has 0 radical (unpaired) electrons. The van der Waals surface area contributed by atoms with Gasteiger partial charge in [-0.2, -0.15) is 0 Å². The molecule has 4 nitrogen and oxygen atoms in total. The van der Waals surface area contributed by atoms with Crippen molar-refractivity contribution in [3.05, 3.63) is 35.9 Å². The molecular weight excluding hydrogens is 298 g/mol. The van der Waals surface area contributed by atoms with E-state index in [0.29, 0.717) is 18.5 Å². The predicted octanol–water partition coefficient (Wildman–Crippen LogP) is 2.50. The van der Waals surface area contributed by atoms with Gasteiger partial charge in [0.1, 0.15) is 0 Å². The van der Waals surface area contributed by atoms with E-state index < -0.39 is 0 Å². The summed E-state index contributed by atoms with van der Waals surface area (Å²) < 4.78 is 0. The third kappa shape index (κ3) is 5.05. The van der Waals surface area contributed by atoms with Crippen molar-refractivity contribution in [1.29, 1.82) is 0 Å². The van der Waals surface area contributed by atoms with Crippen molar-refractivity contribution in [3.63, 3.8) is 0 Å². The number of rotatable bonds is 5. The van der Waals surface area contributed by atoms with Gasteiger partial charge in [0.2, 0.25) is 5.91 Å². The monoisotopic (exact) mass is 329 g/mol. The first-order valence-corrected chi connectivity index (χ1v) is 9.49. The fraction of sp³-hybridized carbons (Fsp3) is 0.650. The van der Waals surface area contributed by atoms with E-state index in [2.05, 4.69) is 52.4 Å². The van der Waals surface area contributed by atoms with Gasteiger partial charge in [0.05, 0.1) is 6.54 Å². The van der Waals surface area contributed by atoms with E-state index in [4.69, 9.17) is 0 Å². The van der Waals surface area contributed by atoms with E-state index in [-0.39, 0.29) is 5.91 Å². The van der Waals surface area contributed by atoms with Crippen LogP contribution in [0.25, 0.3) is 0 Å². The largest absolute Gasteiger partial charge is 0.352 e. The van der Waals surface area contributed by atoms with Crippen molar-refractivity contribution in [3.8, 4) is 0 Å². The second-order valence-electron chi connectivity index (χ2n) is 7.47. The summed E-state index contributed by atoms with van der Waals surface area (Å²) in [5.74, 6) is 0.843. The summed E-state index contributed by atoms with van der Waals surface area (Å²) in [5, 5.41) is 3.27. The van der Waals surface area contributed by atoms with Gasteiger partial charge in [-0.3, -0.25) is 14.6 Å². The molecule has 1 saturated heterocycles. The first-order valence-electron chi connectivity index (χ1n) is 9.49. The number of piperazine rings is 1. The lowest BCUT2D eigenvalue weighted by atomic mass is 9.86. The van der Waals surface area contributed by atoms with Gasteiger partial charge in [0.15, 0.2) is 0 Å². The Hall–Kier alpha value is -1.39. The minimum atomic E-state index is 0.213. The highest BCUT2D eigenvalue weighted by Crippen LogP contribution is 2.23. The van der Waals surface area contributed by atoms with Crippen LogP contribution in [0.3, 0.4) is 0 Å². The Kier molecular flexibility index (Phi) is 6.27. The van der Waals surface area contributed by atoms with Crippen LogP contribution in [-0.4, -0.2) is 54.5 Å². The van der Waals surface area contributed by atoms with E-state index in [9.17, 15) is 4.79 Å². The van der Waals surface area contributed by atoms with Crippen LogP contribution in [0, 0.1) is 5.92 Å². The number of nitrogens with zero attached hydrogens (tertiary/aromatic N) is 2. The lowest BCUT2D eigenvalue weighted by Crippen LogP contribution is -2.51. The molecule has 1 aliphatic heterocycles. The zero-order chi connectivity index (χ0) is 16.8. The summed E-state index contributed by atoms with van der Waals surface area (Å²) in [5.41, 5.74) is 1.37. The van der Waals surface area contributed by atoms with Gasteiger partial charge in [-0.1, -0.05) is 50.1 Å². The first-order chi connectivity index (χ1) is 11.7. The average Bonchev–Trinajstić information content (AvgIpc) is 2.60. The highest BCUT2D eigenvalue weighted by atomic mass is 16.2. The number of benzene rings is 1. The lowest BCUT2D eigenvalue weighted by Gasteiger charge is -2.35. The fourth-order valence-corrected chi connectivity index (χ4v) is 3.93. The molecule has 1 aromatic rings. The zero-order valence-corrected chi connectivity index (χ0v) is 14.9. The van der Waals surface area contributed by atoms with E-state index in [0.717, 1.165) is 39.1 Å². The zero-order valence-electron chi connectivity index (χ0n) is 14.9. The summed E-state index contributed by atoms with van der Waals surface area (Å²) in [4.78, 5) is 17.1. The molecule has 1 heterocycles. The minimum Gasteiger partial charge on any atom is -0.352 e.